The lowest BCUT2D eigenvalue weighted by Crippen LogP contribution is -1.95. The fourth-order valence-electron chi connectivity index (χ4n) is 3.61. The lowest BCUT2D eigenvalue weighted by molar-refractivity contribution is 0.0697. The minimum atomic E-state index is -0.944. The van der Waals surface area contributed by atoms with E-state index in [4.69, 9.17) is 4.98 Å². The number of aromatic carboxylic acids is 1. The van der Waals surface area contributed by atoms with E-state index < -0.39 is 5.97 Å². The molecule has 5 rings (SSSR count). The molecular formula is C28H20N2O2S. The SMILES string of the molecule is O=C(O)c1ccc(-c2nc(-c3ccc(Sc4ccccc4)cc3)c(-c3ccccc3)[nH]2)cc1. The summed E-state index contributed by atoms with van der Waals surface area (Å²) < 4.78 is 0. The molecule has 0 saturated carbocycles. The van der Waals surface area contributed by atoms with Crippen LogP contribution in [0.4, 0.5) is 0 Å². The van der Waals surface area contributed by atoms with E-state index in [9.17, 15) is 9.90 Å². The van der Waals surface area contributed by atoms with Gasteiger partial charge in [0.25, 0.3) is 0 Å². The van der Waals surface area contributed by atoms with Crippen molar-refractivity contribution >= 4 is 17.7 Å². The molecule has 5 aromatic rings. The van der Waals surface area contributed by atoms with Gasteiger partial charge in [-0.25, -0.2) is 9.78 Å². The summed E-state index contributed by atoms with van der Waals surface area (Å²) >= 11 is 1.72. The van der Waals surface area contributed by atoms with Crippen LogP contribution in [0.1, 0.15) is 10.4 Å². The van der Waals surface area contributed by atoms with Crippen LogP contribution >= 0.6 is 11.8 Å². The molecule has 160 valence electrons. The average molecular weight is 449 g/mol. The molecule has 0 aliphatic carbocycles. The van der Waals surface area contributed by atoms with Gasteiger partial charge in [0.1, 0.15) is 5.82 Å². The van der Waals surface area contributed by atoms with Crippen LogP contribution in [-0.2, 0) is 0 Å². The molecule has 4 nitrogen and oxygen atoms in total. The van der Waals surface area contributed by atoms with Gasteiger partial charge in [-0.1, -0.05) is 84.6 Å². The summed E-state index contributed by atoms with van der Waals surface area (Å²) in [6.07, 6.45) is 0. The van der Waals surface area contributed by atoms with E-state index in [2.05, 4.69) is 41.4 Å². The third-order valence-electron chi connectivity index (χ3n) is 5.28. The topological polar surface area (TPSA) is 66.0 Å². The molecule has 0 spiro atoms. The highest BCUT2D eigenvalue weighted by molar-refractivity contribution is 7.99. The van der Waals surface area contributed by atoms with Gasteiger partial charge >= 0.3 is 5.97 Å². The zero-order valence-corrected chi connectivity index (χ0v) is 18.4. The molecule has 33 heavy (non-hydrogen) atoms. The zero-order valence-electron chi connectivity index (χ0n) is 17.6. The van der Waals surface area contributed by atoms with Crippen LogP contribution in [0.5, 0.6) is 0 Å². The maximum Gasteiger partial charge on any atom is 0.335 e. The van der Waals surface area contributed by atoms with Gasteiger partial charge in [-0.15, -0.1) is 0 Å². The summed E-state index contributed by atoms with van der Waals surface area (Å²) in [6, 6.07) is 35.5. The molecule has 2 N–H and O–H groups in total. The number of hydrogen-bond donors (Lipinski definition) is 2. The molecule has 0 atom stereocenters. The second-order valence-electron chi connectivity index (χ2n) is 7.50. The Labute approximate surface area is 196 Å². The van der Waals surface area contributed by atoms with Crippen LogP contribution < -0.4 is 0 Å². The fraction of sp³-hybridized carbons (Fsp3) is 0. The highest BCUT2D eigenvalue weighted by atomic mass is 32.2. The maximum atomic E-state index is 11.2. The average Bonchev–Trinajstić information content (AvgIpc) is 3.31. The van der Waals surface area contributed by atoms with Crippen molar-refractivity contribution in [2.75, 3.05) is 0 Å². The second kappa shape index (κ2) is 9.18. The van der Waals surface area contributed by atoms with Crippen LogP contribution in [0.3, 0.4) is 0 Å². The smallest absolute Gasteiger partial charge is 0.335 e. The quantitative estimate of drug-likeness (QED) is 0.287. The lowest BCUT2D eigenvalue weighted by atomic mass is 10.1. The number of H-pyrrole nitrogens is 1. The Hall–Kier alpha value is -4.09. The second-order valence-corrected chi connectivity index (χ2v) is 8.64. The van der Waals surface area contributed by atoms with Crippen LogP contribution in [0.15, 0.2) is 119 Å². The minimum absolute atomic E-state index is 0.250. The van der Waals surface area contributed by atoms with Crippen molar-refractivity contribution in [1.82, 2.24) is 9.97 Å². The third-order valence-corrected chi connectivity index (χ3v) is 6.29. The Morgan fingerprint density at radius 3 is 1.88 bits per heavy atom. The maximum absolute atomic E-state index is 11.2. The number of hydrogen-bond acceptors (Lipinski definition) is 3. The summed E-state index contributed by atoms with van der Waals surface area (Å²) in [7, 11) is 0. The molecule has 0 aliphatic rings. The van der Waals surface area contributed by atoms with Crippen LogP contribution in [0.25, 0.3) is 33.9 Å². The third kappa shape index (κ3) is 4.59. The Kier molecular flexibility index (Phi) is 5.79. The van der Waals surface area contributed by atoms with Crippen LogP contribution in [-0.4, -0.2) is 21.0 Å². The first kappa shape index (κ1) is 20.8. The predicted molar refractivity (Wildman–Crippen MR) is 132 cm³/mol. The van der Waals surface area contributed by atoms with Gasteiger partial charge in [0, 0.05) is 26.5 Å². The van der Waals surface area contributed by atoms with Crippen LogP contribution in [0.2, 0.25) is 0 Å². The molecule has 0 saturated heterocycles. The van der Waals surface area contributed by atoms with Crippen molar-refractivity contribution in [2.45, 2.75) is 9.79 Å². The summed E-state index contributed by atoms with van der Waals surface area (Å²) in [5.74, 6) is -0.247. The van der Waals surface area contributed by atoms with Gasteiger partial charge in [-0.3, -0.25) is 0 Å². The molecular weight excluding hydrogens is 428 g/mol. The molecule has 0 amide bonds. The van der Waals surface area contributed by atoms with Crippen molar-refractivity contribution in [3.8, 4) is 33.9 Å². The number of aromatic nitrogens is 2. The molecule has 0 radical (unpaired) electrons. The van der Waals surface area contributed by atoms with E-state index in [-0.39, 0.29) is 5.56 Å². The van der Waals surface area contributed by atoms with Crippen molar-refractivity contribution in [2.24, 2.45) is 0 Å². The van der Waals surface area contributed by atoms with E-state index in [1.54, 1.807) is 36.0 Å². The lowest BCUT2D eigenvalue weighted by Gasteiger charge is -2.05. The van der Waals surface area contributed by atoms with E-state index in [0.717, 1.165) is 33.0 Å². The van der Waals surface area contributed by atoms with E-state index >= 15 is 0 Å². The fourth-order valence-corrected chi connectivity index (χ4v) is 4.45. The van der Waals surface area contributed by atoms with Gasteiger partial charge in [-0.2, -0.15) is 0 Å². The zero-order chi connectivity index (χ0) is 22.6. The van der Waals surface area contributed by atoms with E-state index in [1.807, 2.05) is 48.5 Å². The Bertz CT molecular complexity index is 1380. The van der Waals surface area contributed by atoms with Crippen molar-refractivity contribution in [3.63, 3.8) is 0 Å². The molecule has 0 fully saturated rings. The van der Waals surface area contributed by atoms with Crippen molar-refractivity contribution in [3.05, 3.63) is 115 Å². The number of nitrogens with zero attached hydrogens (tertiary/aromatic N) is 1. The normalized spacial score (nSPS) is 10.8. The van der Waals surface area contributed by atoms with Crippen molar-refractivity contribution < 1.29 is 9.90 Å². The summed E-state index contributed by atoms with van der Waals surface area (Å²) in [5.41, 5.74) is 4.92. The van der Waals surface area contributed by atoms with Crippen molar-refractivity contribution in [1.29, 1.82) is 0 Å². The van der Waals surface area contributed by atoms with Gasteiger partial charge < -0.3 is 10.1 Å². The number of aromatic amines is 1. The molecule has 1 aromatic heterocycles. The molecule has 0 unspecified atom stereocenters. The first-order valence-electron chi connectivity index (χ1n) is 10.5. The monoisotopic (exact) mass is 448 g/mol. The highest BCUT2D eigenvalue weighted by Gasteiger charge is 2.16. The van der Waals surface area contributed by atoms with Gasteiger partial charge in [0.15, 0.2) is 0 Å². The minimum Gasteiger partial charge on any atom is -0.478 e. The number of imidazole rings is 1. The number of carbonyl (C=O) groups is 1. The molecule has 0 bridgehead atoms. The summed E-state index contributed by atoms with van der Waals surface area (Å²) in [4.78, 5) is 21.9. The number of nitrogens with one attached hydrogen (secondary N) is 1. The predicted octanol–water partition coefficient (Wildman–Crippen LogP) is 7.26. The van der Waals surface area contributed by atoms with Gasteiger partial charge in [0.2, 0.25) is 0 Å². The largest absolute Gasteiger partial charge is 0.478 e. The first-order chi connectivity index (χ1) is 16.2. The Balaban J connectivity index is 1.52. The highest BCUT2D eigenvalue weighted by Crippen LogP contribution is 2.35. The first-order valence-corrected chi connectivity index (χ1v) is 11.3. The molecule has 5 heteroatoms. The standard InChI is InChI=1S/C28H20N2O2S/c31-28(32)22-13-11-21(12-14-22)27-29-25(19-7-3-1-4-8-19)26(30-27)20-15-17-24(18-16-20)33-23-9-5-2-6-10-23/h1-18H,(H,29,30)(H,31,32). The molecule has 0 aliphatic heterocycles. The molecule has 4 aromatic carbocycles. The van der Waals surface area contributed by atoms with Gasteiger partial charge in [-0.05, 0) is 36.4 Å². The van der Waals surface area contributed by atoms with Gasteiger partial charge in [0.05, 0.1) is 17.0 Å². The van der Waals surface area contributed by atoms with Crippen LogP contribution in [0, 0.1) is 0 Å². The Morgan fingerprint density at radius 1 is 0.667 bits per heavy atom. The number of rotatable bonds is 6. The Morgan fingerprint density at radius 2 is 1.24 bits per heavy atom. The molecule has 1 heterocycles. The van der Waals surface area contributed by atoms with E-state index in [0.29, 0.717) is 5.82 Å². The number of carboxylic acid groups (broad SMARTS) is 1. The van der Waals surface area contributed by atoms with E-state index in [1.165, 1.54) is 4.90 Å². The summed E-state index contributed by atoms with van der Waals surface area (Å²) in [6.45, 7) is 0. The summed E-state index contributed by atoms with van der Waals surface area (Å²) in [5, 5.41) is 9.18. The number of carboxylic acids is 1. The number of benzene rings is 4.